The molecule has 0 bridgehead atoms. The van der Waals surface area contributed by atoms with Gasteiger partial charge >= 0.3 is 0 Å². The van der Waals surface area contributed by atoms with Gasteiger partial charge in [-0.1, -0.05) is 12.1 Å². The number of nitrogens with one attached hydrogen (secondary N) is 1. The molecule has 1 aliphatic heterocycles. The molecule has 2 aromatic carbocycles. The molecule has 27 heavy (non-hydrogen) atoms. The Morgan fingerprint density at radius 3 is 2.37 bits per heavy atom. The molecule has 1 heterocycles. The van der Waals surface area contributed by atoms with Gasteiger partial charge in [0, 0.05) is 12.6 Å². The Kier molecular flexibility index (Phi) is 5.01. The molecule has 1 amide bonds. The number of hydrogen-bond donors (Lipinski definition) is 2. The van der Waals surface area contributed by atoms with Crippen LogP contribution in [0.2, 0.25) is 0 Å². The van der Waals surface area contributed by atoms with Gasteiger partial charge in [0.2, 0.25) is 5.91 Å². The molecule has 2 aromatic rings. The van der Waals surface area contributed by atoms with E-state index in [0.29, 0.717) is 11.6 Å². The molecule has 7 heteroatoms. The van der Waals surface area contributed by atoms with Gasteiger partial charge in [0.1, 0.15) is 17.5 Å². The second-order valence-electron chi connectivity index (χ2n) is 7.21. The summed E-state index contributed by atoms with van der Waals surface area (Å²) >= 11 is 0. The number of aliphatic hydroxyl groups is 1. The summed E-state index contributed by atoms with van der Waals surface area (Å²) in [6, 6.07) is 6.01. The van der Waals surface area contributed by atoms with E-state index >= 15 is 0 Å². The minimum Gasteiger partial charge on any atom is -0.389 e. The summed E-state index contributed by atoms with van der Waals surface area (Å²) < 4.78 is 42.4. The Balaban J connectivity index is 2.23. The quantitative estimate of drug-likeness (QED) is 0.841. The van der Waals surface area contributed by atoms with Crippen LogP contribution in [0.5, 0.6) is 0 Å². The number of nitrogens with zero attached hydrogens (tertiary/aromatic N) is 1. The van der Waals surface area contributed by atoms with Crippen LogP contribution in [-0.4, -0.2) is 30.7 Å². The molecule has 0 aromatic heterocycles. The summed E-state index contributed by atoms with van der Waals surface area (Å²) in [6.45, 7) is 3.35. The van der Waals surface area contributed by atoms with Crippen molar-refractivity contribution in [2.75, 3.05) is 18.5 Å². The Labute approximate surface area is 155 Å². The molecule has 0 spiro atoms. The maximum Gasteiger partial charge on any atom is 0.237 e. The first-order valence-corrected chi connectivity index (χ1v) is 8.59. The number of hydrogen-bond acceptors (Lipinski definition) is 3. The molecule has 0 saturated heterocycles. The summed E-state index contributed by atoms with van der Waals surface area (Å²) in [7, 11) is 1.59. The van der Waals surface area contributed by atoms with Crippen LogP contribution in [0, 0.1) is 17.5 Å². The lowest BCUT2D eigenvalue weighted by atomic mass is 9.86. The molecule has 0 aliphatic carbocycles. The molecule has 144 valence electrons. The van der Waals surface area contributed by atoms with E-state index in [4.69, 9.17) is 0 Å². The number of amides is 1. The molecule has 0 saturated carbocycles. The van der Waals surface area contributed by atoms with Crippen molar-refractivity contribution >= 4 is 11.6 Å². The standard InChI is InChI=1S/C20H21F3N2O2/c1-20(2)14-5-4-6-15(23)18(14)25(19(20)27)17(16(26)10-24-3)11-7-12(21)9-13(22)8-11/h4-9,16-17,24,26H,10H2,1-3H3/t16?,17-/m0/s1. The van der Waals surface area contributed by atoms with E-state index in [1.165, 1.54) is 12.1 Å². The van der Waals surface area contributed by atoms with Gasteiger partial charge in [-0.25, -0.2) is 13.2 Å². The highest BCUT2D eigenvalue weighted by atomic mass is 19.1. The van der Waals surface area contributed by atoms with Crippen molar-refractivity contribution in [1.29, 1.82) is 0 Å². The van der Waals surface area contributed by atoms with Crippen molar-refractivity contribution in [3.63, 3.8) is 0 Å². The third kappa shape index (κ3) is 3.21. The number of carbonyl (C=O) groups excluding carboxylic acids is 1. The number of anilines is 1. The predicted molar refractivity (Wildman–Crippen MR) is 95.9 cm³/mol. The number of benzene rings is 2. The average molecular weight is 378 g/mol. The fourth-order valence-electron chi connectivity index (χ4n) is 3.66. The highest BCUT2D eigenvalue weighted by Gasteiger charge is 2.49. The molecule has 1 aliphatic rings. The van der Waals surface area contributed by atoms with Crippen molar-refractivity contribution in [1.82, 2.24) is 5.32 Å². The highest BCUT2D eigenvalue weighted by molar-refractivity contribution is 6.08. The Bertz CT molecular complexity index is 865. The van der Waals surface area contributed by atoms with Crippen LogP contribution in [-0.2, 0) is 10.2 Å². The zero-order valence-electron chi connectivity index (χ0n) is 15.3. The number of rotatable bonds is 5. The second kappa shape index (κ2) is 6.98. The molecule has 3 rings (SSSR count). The highest BCUT2D eigenvalue weighted by Crippen LogP contribution is 2.47. The van der Waals surface area contributed by atoms with Gasteiger partial charge in [0.15, 0.2) is 0 Å². The number of halogens is 3. The molecule has 2 atom stereocenters. The van der Waals surface area contributed by atoms with E-state index in [-0.39, 0.29) is 17.8 Å². The van der Waals surface area contributed by atoms with Gasteiger partial charge in [0.25, 0.3) is 0 Å². The lowest BCUT2D eigenvalue weighted by molar-refractivity contribution is -0.123. The summed E-state index contributed by atoms with van der Waals surface area (Å²) in [5, 5.41) is 13.5. The first-order chi connectivity index (χ1) is 12.7. The van der Waals surface area contributed by atoms with Crippen LogP contribution >= 0.6 is 0 Å². The summed E-state index contributed by atoms with van der Waals surface area (Å²) in [6.07, 6.45) is -1.22. The van der Waals surface area contributed by atoms with Crippen molar-refractivity contribution in [3.05, 3.63) is 65.0 Å². The maximum absolute atomic E-state index is 14.7. The van der Waals surface area contributed by atoms with Gasteiger partial charge in [-0.2, -0.15) is 0 Å². The molecule has 2 N–H and O–H groups in total. The van der Waals surface area contributed by atoms with Crippen molar-refractivity contribution in [3.8, 4) is 0 Å². The normalized spacial score (nSPS) is 17.7. The fraction of sp³-hybridized carbons (Fsp3) is 0.350. The monoisotopic (exact) mass is 378 g/mol. The zero-order valence-corrected chi connectivity index (χ0v) is 15.3. The molecule has 0 fully saturated rings. The van der Waals surface area contributed by atoms with Crippen LogP contribution in [0.25, 0.3) is 0 Å². The predicted octanol–water partition coefficient (Wildman–Crippen LogP) is 3.05. The Morgan fingerprint density at radius 1 is 1.15 bits per heavy atom. The average Bonchev–Trinajstić information content (AvgIpc) is 2.77. The molecular formula is C20H21F3N2O2. The Morgan fingerprint density at radius 2 is 1.78 bits per heavy atom. The minimum absolute atomic E-state index is 0.0253. The van der Waals surface area contributed by atoms with E-state index in [1.54, 1.807) is 27.0 Å². The van der Waals surface area contributed by atoms with Crippen LogP contribution in [0.4, 0.5) is 18.9 Å². The lowest BCUT2D eigenvalue weighted by Crippen LogP contribution is -2.46. The van der Waals surface area contributed by atoms with Crippen molar-refractivity contribution in [2.45, 2.75) is 31.4 Å². The van der Waals surface area contributed by atoms with Gasteiger partial charge in [-0.05, 0) is 50.2 Å². The van der Waals surface area contributed by atoms with Crippen molar-refractivity contribution in [2.24, 2.45) is 0 Å². The first kappa shape index (κ1) is 19.4. The van der Waals surface area contributed by atoms with Crippen LogP contribution < -0.4 is 10.2 Å². The molecule has 4 nitrogen and oxygen atoms in total. The van der Waals surface area contributed by atoms with Crippen molar-refractivity contribution < 1.29 is 23.1 Å². The summed E-state index contributed by atoms with van der Waals surface area (Å²) in [5.74, 6) is -2.77. The van der Waals surface area contributed by atoms with E-state index in [1.807, 2.05) is 0 Å². The number of fused-ring (bicyclic) bond motifs is 1. The van der Waals surface area contributed by atoms with Crippen LogP contribution in [0.15, 0.2) is 36.4 Å². The lowest BCUT2D eigenvalue weighted by Gasteiger charge is -2.34. The molecular weight excluding hydrogens is 357 g/mol. The van der Waals surface area contributed by atoms with Crippen LogP contribution in [0.3, 0.4) is 0 Å². The minimum atomic E-state index is -1.22. The fourth-order valence-corrected chi connectivity index (χ4v) is 3.66. The number of aliphatic hydroxyl groups excluding tert-OH is 1. The third-order valence-corrected chi connectivity index (χ3v) is 4.94. The second-order valence-corrected chi connectivity index (χ2v) is 7.21. The molecule has 1 unspecified atom stereocenters. The largest absolute Gasteiger partial charge is 0.389 e. The van der Waals surface area contributed by atoms with Gasteiger partial charge in [-0.15, -0.1) is 0 Å². The number of likely N-dealkylation sites (N-methyl/N-ethyl adjacent to an activating group) is 1. The number of para-hydroxylation sites is 1. The Hall–Kier alpha value is -2.38. The summed E-state index contributed by atoms with van der Waals surface area (Å²) in [4.78, 5) is 14.3. The third-order valence-electron chi connectivity index (χ3n) is 4.94. The number of carbonyl (C=O) groups is 1. The summed E-state index contributed by atoms with van der Waals surface area (Å²) in [5.41, 5.74) is -0.500. The van der Waals surface area contributed by atoms with E-state index in [2.05, 4.69) is 5.32 Å². The van der Waals surface area contributed by atoms with Gasteiger partial charge < -0.3 is 10.4 Å². The smallest absolute Gasteiger partial charge is 0.237 e. The van der Waals surface area contributed by atoms with E-state index < -0.39 is 40.9 Å². The maximum atomic E-state index is 14.7. The van der Waals surface area contributed by atoms with Gasteiger partial charge in [-0.3, -0.25) is 9.69 Å². The van der Waals surface area contributed by atoms with E-state index in [9.17, 15) is 23.1 Å². The first-order valence-electron chi connectivity index (χ1n) is 8.59. The molecule has 0 radical (unpaired) electrons. The topological polar surface area (TPSA) is 52.6 Å². The zero-order chi connectivity index (χ0) is 19.9. The SMILES string of the molecule is CNCC(O)[C@H](c1cc(F)cc(F)c1)N1C(=O)C(C)(C)c2cccc(F)c21. The van der Waals surface area contributed by atoms with E-state index in [0.717, 1.165) is 17.0 Å². The van der Waals surface area contributed by atoms with Crippen LogP contribution in [0.1, 0.15) is 31.0 Å². The van der Waals surface area contributed by atoms with Gasteiger partial charge in [0.05, 0.1) is 23.2 Å².